The highest BCUT2D eigenvalue weighted by Gasteiger charge is 2.33. The van der Waals surface area contributed by atoms with Crippen molar-refractivity contribution in [2.24, 2.45) is 11.7 Å². The Morgan fingerprint density at radius 1 is 1.35 bits per heavy atom. The Morgan fingerprint density at radius 3 is 2.65 bits per heavy atom. The Morgan fingerprint density at radius 2 is 2.04 bits per heavy atom. The summed E-state index contributed by atoms with van der Waals surface area (Å²) in [7, 11) is 0. The van der Waals surface area contributed by atoms with E-state index in [2.05, 4.69) is 36.1 Å². The summed E-state index contributed by atoms with van der Waals surface area (Å²) in [6.07, 6.45) is 2.17. The third-order valence-corrected chi connectivity index (χ3v) is 4.83. The molecule has 0 bridgehead atoms. The number of nitrogens with zero attached hydrogens (tertiary/aromatic N) is 2. The molecule has 0 spiro atoms. The normalized spacial score (nSPS) is 19.6. The van der Waals surface area contributed by atoms with E-state index in [-0.39, 0.29) is 17.9 Å². The summed E-state index contributed by atoms with van der Waals surface area (Å²) in [4.78, 5) is 17.1. The molecule has 2 N–H and O–H groups in total. The first-order valence-corrected chi connectivity index (χ1v) is 8.85. The molecular formula is C19H31N3O. The zero-order valence-electron chi connectivity index (χ0n) is 14.7. The Hall–Kier alpha value is -1.39. The second-order valence-corrected chi connectivity index (χ2v) is 6.91. The lowest BCUT2D eigenvalue weighted by Gasteiger charge is -2.32. The first-order chi connectivity index (χ1) is 11.0. The standard InChI is InChI=1S/C19H31N3O/c1-4-21(13-16-9-6-5-7-10-16)14-17-11-8-12-22(17)19(23)18(20)15(2)3/h5-7,9-10,15,17-18H,4,8,11-14,20H2,1-3H3/t17?,18-/m0/s1. The van der Waals surface area contributed by atoms with Crippen LogP contribution < -0.4 is 5.73 Å². The lowest BCUT2D eigenvalue weighted by Crippen LogP contribution is -2.51. The van der Waals surface area contributed by atoms with E-state index in [0.717, 1.165) is 39.0 Å². The molecule has 0 aromatic heterocycles. The van der Waals surface area contributed by atoms with E-state index >= 15 is 0 Å². The van der Waals surface area contributed by atoms with Crippen molar-refractivity contribution in [3.05, 3.63) is 35.9 Å². The molecule has 4 nitrogen and oxygen atoms in total. The molecule has 0 radical (unpaired) electrons. The molecular weight excluding hydrogens is 286 g/mol. The van der Waals surface area contributed by atoms with Crippen LogP contribution in [0.5, 0.6) is 0 Å². The molecule has 1 heterocycles. The number of rotatable bonds is 7. The smallest absolute Gasteiger partial charge is 0.240 e. The molecule has 1 unspecified atom stereocenters. The van der Waals surface area contributed by atoms with Gasteiger partial charge in [-0.3, -0.25) is 9.69 Å². The highest BCUT2D eigenvalue weighted by atomic mass is 16.2. The summed E-state index contributed by atoms with van der Waals surface area (Å²) in [5, 5.41) is 0. The van der Waals surface area contributed by atoms with E-state index in [4.69, 9.17) is 5.73 Å². The lowest BCUT2D eigenvalue weighted by atomic mass is 10.0. The minimum Gasteiger partial charge on any atom is -0.337 e. The van der Waals surface area contributed by atoms with Crippen LogP contribution in [-0.4, -0.2) is 47.4 Å². The SMILES string of the molecule is CCN(Cc1ccccc1)CC1CCCN1C(=O)[C@@H](N)C(C)C. The topological polar surface area (TPSA) is 49.6 Å². The van der Waals surface area contributed by atoms with Crippen LogP contribution in [0.25, 0.3) is 0 Å². The number of hydrogen-bond donors (Lipinski definition) is 1. The number of amides is 1. The van der Waals surface area contributed by atoms with Gasteiger partial charge in [-0.1, -0.05) is 51.1 Å². The van der Waals surface area contributed by atoms with Gasteiger partial charge in [0.05, 0.1) is 6.04 Å². The Labute approximate surface area is 140 Å². The van der Waals surface area contributed by atoms with Crippen LogP contribution >= 0.6 is 0 Å². The highest BCUT2D eigenvalue weighted by Crippen LogP contribution is 2.21. The van der Waals surface area contributed by atoms with Gasteiger partial charge in [-0.25, -0.2) is 0 Å². The van der Waals surface area contributed by atoms with Crippen LogP contribution in [0.3, 0.4) is 0 Å². The zero-order chi connectivity index (χ0) is 16.8. The molecule has 1 aliphatic rings. The third-order valence-electron chi connectivity index (χ3n) is 4.83. The van der Waals surface area contributed by atoms with Crippen LogP contribution in [0.2, 0.25) is 0 Å². The molecule has 4 heteroatoms. The molecule has 0 saturated carbocycles. The fraction of sp³-hybridized carbons (Fsp3) is 0.632. The maximum Gasteiger partial charge on any atom is 0.240 e. The van der Waals surface area contributed by atoms with Crippen LogP contribution in [0.4, 0.5) is 0 Å². The summed E-state index contributed by atoms with van der Waals surface area (Å²) in [5.74, 6) is 0.314. The first kappa shape index (κ1) is 18.0. The van der Waals surface area contributed by atoms with Crippen molar-refractivity contribution in [1.29, 1.82) is 0 Å². The van der Waals surface area contributed by atoms with Gasteiger partial charge in [-0.2, -0.15) is 0 Å². The predicted octanol–water partition coefficient (Wildman–Crippen LogP) is 2.48. The number of benzene rings is 1. The van der Waals surface area contributed by atoms with Gasteiger partial charge in [-0.15, -0.1) is 0 Å². The Kier molecular flexibility index (Phi) is 6.60. The van der Waals surface area contributed by atoms with Crippen LogP contribution in [-0.2, 0) is 11.3 Å². The van der Waals surface area contributed by atoms with E-state index in [1.165, 1.54) is 5.56 Å². The molecule has 128 valence electrons. The number of hydrogen-bond acceptors (Lipinski definition) is 3. The van der Waals surface area contributed by atoms with Crippen molar-refractivity contribution < 1.29 is 4.79 Å². The van der Waals surface area contributed by atoms with Crippen LogP contribution in [0.15, 0.2) is 30.3 Å². The van der Waals surface area contributed by atoms with Crippen molar-refractivity contribution in [1.82, 2.24) is 9.80 Å². The van der Waals surface area contributed by atoms with E-state index < -0.39 is 0 Å². The van der Waals surface area contributed by atoms with Crippen molar-refractivity contribution in [3.8, 4) is 0 Å². The summed E-state index contributed by atoms with van der Waals surface area (Å²) >= 11 is 0. The predicted molar refractivity (Wildman–Crippen MR) is 94.9 cm³/mol. The van der Waals surface area contributed by atoms with Gasteiger partial charge in [0.2, 0.25) is 5.91 Å². The third kappa shape index (κ3) is 4.79. The largest absolute Gasteiger partial charge is 0.337 e. The van der Waals surface area contributed by atoms with Crippen molar-refractivity contribution >= 4 is 5.91 Å². The number of carbonyl (C=O) groups is 1. The van der Waals surface area contributed by atoms with Gasteiger partial charge in [0.25, 0.3) is 0 Å². The first-order valence-electron chi connectivity index (χ1n) is 8.85. The van der Waals surface area contributed by atoms with Crippen molar-refractivity contribution in [2.45, 2.75) is 52.2 Å². The van der Waals surface area contributed by atoms with Crippen molar-refractivity contribution in [2.75, 3.05) is 19.6 Å². The van der Waals surface area contributed by atoms with Gasteiger partial charge in [-0.05, 0) is 30.9 Å². The summed E-state index contributed by atoms with van der Waals surface area (Å²) < 4.78 is 0. The number of likely N-dealkylation sites (tertiary alicyclic amines) is 1. The molecule has 23 heavy (non-hydrogen) atoms. The second-order valence-electron chi connectivity index (χ2n) is 6.91. The van der Waals surface area contributed by atoms with E-state index in [1.54, 1.807) is 0 Å². The van der Waals surface area contributed by atoms with E-state index in [9.17, 15) is 4.79 Å². The maximum absolute atomic E-state index is 12.6. The van der Waals surface area contributed by atoms with Crippen molar-refractivity contribution in [3.63, 3.8) is 0 Å². The van der Waals surface area contributed by atoms with E-state index in [1.807, 2.05) is 24.8 Å². The molecule has 1 saturated heterocycles. The van der Waals surface area contributed by atoms with E-state index in [0.29, 0.717) is 6.04 Å². The van der Waals surface area contributed by atoms with Crippen LogP contribution in [0.1, 0.15) is 39.2 Å². The average Bonchev–Trinajstić information content (AvgIpc) is 3.01. The molecule has 1 aromatic rings. The highest BCUT2D eigenvalue weighted by molar-refractivity contribution is 5.82. The monoisotopic (exact) mass is 317 g/mol. The summed E-state index contributed by atoms with van der Waals surface area (Å²) in [5.41, 5.74) is 7.41. The molecule has 1 aliphatic heterocycles. The minimum absolute atomic E-state index is 0.123. The zero-order valence-corrected chi connectivity index (χ0v) is 14.7. The van der Waals surface area contributed by atoms with Gasteiger partial charge in [0, 0.05) is 25.7 Å². The summed E-state index contributed by atoms with van der Waals surface area (Å²) in [6.45, 7) is 9.93. The molecule has 1 fully saturated rings. The fourth-order valence-corrected chi connectivity index (χ4v) is 3.24. The van der Waals surface area contributed by atoms with Gasteiger partial charge < -0.3 is 10.6 Å². The molecule has 1 amide bonds. The van der Waals surface area contributed by atoms with Gasteiger partial charge in [0.1, 0.15) is 0 Å². The maximum atomic E-state index is 12.6. The molecule has 2 rings (SSSR count). The number of carbonyl (C=O) groups excluding carboxylic acids is 1. The molecule has 0 aliphatic carbocycles. The van der Waals surface area contributed by atoms with Gasteiger partial charge >= 0.3 is 0 Å². The quantitative estimate of drug-likeness (QED) is 0.840. The van der Waals surface area contributed by atoms with Crippen LogP contribution in [0, 0.1) is 5.92 Å². The molecule has 1 aromatic carbocycles. The second kappa shape index (κ2) is 8.46. The number of likely N-dealkylation sites (N-methyl/N-ethyl adjacent to an activating group) is 1. The fourth-order valence-electron chi connectivity index (χ4n) is 3.24. The average molecular weight is 317 g/mol. The van der Waals surface area contributed by atoms with Gasteiger partial charge in [0.15, 0.2) is 0 Å². The lowest BCUT2D eigenvalue weighted by molar-refractivity contribution is -0.134. The summed E-state index contributed by atoms with van der Waals surface area (Å²) in [6, 6.07) is 10.5. The Balaban J connectivity index is 1.97. The molecule has 2 atom stereocenters. The Bertz CT molecular complexity index is 489. The number of nitrogens with two attached hydrogens (primary N) is 1. The minimum atomic E-state index is -0.375.